The summed E-state index contributed by atoms with van der Waals surface area (Å²) in [5.41, 5.74) is 8.41. The van der Waals surface area contributed by atoms with Crippen molar-refractivity contribution in [1.29, 1.82) is 0 Å². The van der Waals surface area contributed by atoms with Crippen LogP contribution in [0.1, 0.15) is 29.4 Å². The number of nitrogens with two attached hydrogens (primary N) is 1. The third kappa shape index (κ3) is 5.33. The summed E-state index contributed by atoms with van der Waals surface area (Å²) in [4.78, 5) is 42.0. The molecule has 0 aliphatic rings. The Morgan fingerprint density at radius 3 is 2.68 bits per heavy atom. The molecule has 0 aliphatic heterocycles. The highest BCUT2D eigenvalue weighted by Gasteiger charge is 2.23. The predicted octanol–water partition coefficient (Wildman–Crippen LogP) is 1.99. The highest BCUT2D eigenvalue weighted by Crippen LogP contribution is 2.19. The molecule has 1 aromatic carbocycles. The average Bonchev–Trinajstić information content (AvgIpc) is 3.26. The van der Waals surface area contributed by atoms with Crippen molar-refractivity contribution < 1.29 is 14.4 Å². The van der Waals surface area contributed by atoms with E-state index >= 15 is 0 Å². The van der Waals surface area contributed by atoms with Gasteiger partial charge in [-0.1, -0.05) is 12.1 Å². The van der Waals surface area contributed by atoms with Crippen LogP contribution < -0.4 is 11.1 Å². The molecule has 3 amide bonds. The summed E-state index contributed by atoms with van der Waals surface area (Å²) in [6.45, 7) is 1.55. The van der Waals surface area contributed by atoms with Gasteiger partial charge in [-0.3, -0.25) is 24.5 Å². The second kappa shape index (κ2) is 9.66. The van der Waals surface area contributed by atoms with Gasteiger partial charge in [0.05, 0.1) is 16.9 Å². The number of carbonyl (C=O) groups is 3. The molecule has 160 valence electrons. The van der Waals surface area contributed by atoms with E-state index in [4.69, 9.17) is 5.73 Å². The maximum Gasteiger partial charge on any atom is 0.256 e. The first-order chi connectivity index (χ1) is 14.9. The number of H-pyrrole nitrogens is 1. The van der Waals surface area contributed by atoms with Gasteiger partial charge in [-0.25, -0.2) is 0 Å². The van der Waals surface area contributed by atoms with Crippen LogP contribution in [0.2, 0.25) is 0 Å². The van der Waals surface area contributed by atoms with E-state index in [2.05, 4.69) is 20.5 Å². The predicted molar refractivity (Wildman–Crippen MR) is 116 cm³/mol. The standard InChI is InChI=1S/C22H24N6O3/c1-14(21(23)30)28(2)22(31)17-7-3-4-8-18(17)25-20(29)10-9-16-12-19(27-26-16)15-6-5-11-24-13-15/h3-8,11-14H,9-10H2,1-2H3,(H2,23,30)(H,25,29)(H,26,27). The number of pyridine rings is 1. The molecular weight excluding hydrogens is 396 g/mol. The Bertz CT molecular complexity index is 1080. The maximum absolute atomic E-state index is 12.8. The number of aryl methyl sites for hydroxylation is 1. The van der Waals surface area contributed by atoms with Gasteiger partial charge >= 0.3 is 0 Å². The second-order valence-electron chi connectivity index (χ2n) is 7.11. The number of aromatic nitrogens is 3. The summed E-state index contributed by atoms with van der Waals surface area (Å²) in [5.74, 6) is -1.26. The molecule has 2 aromatic heterocycles. The van der Waals surface area contributed by atoms with Crippen LogP contribution in [-0.4, -0.2) is 50.9 Å². The normalized spacial score (nSPS) is 11.5. The monoisotopic (exact) mass is 420 g/mol. The van der Waals surface area contributed by atoms with E-state index in [1.54, 1.807) is 43.6 Å². The molecule has 0 bridgehead atoms. The van der Waals surface area contributed by atoms with Crippen molar-refractivity contribution in [2.75, 3.05) is 12.4 Å². The molecule has 0 radical (unpaired) electrons. The highest BCUT2D eigenvalue weighted by atomic mass is 16.2. The summed E-state index contributed by atoms with van der Waals surface area (Å²) >= 11 is 0. The lowest BCUT2D eigenvalue weighted by Gasteiger charge is -2.23. The first-order valence-electron chi connectivity index (χ1n) is 9.77. The number of likely N-dealkylation sites (N-methyl/N-ethyl adjacent to an activating group) is 1. The third-order valence-electron chi connectivity index (χ3n) is 4.95. The molecule has 1 atom stereocenters. The molecule has 0 fully saturated rings. The Balaban J connectivity index is 1.63. The number of primary amides is 1. The van der Waals surface area contributed by atoms with Crippen molar-refractivity contribution in [2.24, 2.45) is 5.73 Å². The van der Waals surface area contributed by atoms with Crippen LogP contribution in [-0.2, 0) is 16.0 Å². The number of anilines is 1. The minimum atomic E-state index is -0.773. The molecule has 3 rings (SSSR count). The Kier molecular flexibility index (Phi) is 6.76. The van der Waals surface area contributed by atoms with Crippen LogP contribution >= 0.6 is 0 Å². The van der Waals surface area contributed by atoms with Crippen molar-refractivity contribution in [3.63, 3.8) is 0 Å². The first-order valence-corrected chi connectivity index (χ1v) is 9.77. The molecule has 2 heterocycles. The molecular formula is C22H24N6O3. The zero-order valence-corrected chi connectivity index (χ0v) is 17.3. The van der Waals surface area contributed by atoms with Crippen LogP contribution in [0, 0.1) is 0 Å². The van der Waals surface area contributed by atoms with E-state index < -0.39 is 17.9 Å². The number of benzene rings is 1. The lowest BCUT2D eigenvalue weighted by atomic mass is 10.1. The van der Waals surface area contributed by atoms with Gasteiger partial charge < -0.3 is 16.0 Å². The van der Waals surface area contributed by atoms with Crippen LogP contribution in [0.4, 0.5) is 5.69 Å². The van der Waals surface area contributed by atoms with Crippen LogP contribution in [0.5, 0.6) is 0 Å². The smallest absolute Gasteiger partial charge is 0.256 e. The highest BCUT2D eigenvalue weighted by molar-refractivity contribution is 6.04. The van der Waals surface area contributed by atoms with Crippen LogP contribution in [0.15, 0.2) is 54.9 Å². The van der Waals surface area contributed by atoms with Gasteiger partial charge in [0.15, 0.2) is 0 Å². The van der Waals surface area contributed by atoms with Crippen molar-refractivity contribution in [3.05, 3.63) is 66.1 Å². The lowest BCUT2D eigenvalue weighted by Crippen LogP contribution is -2.43. The summed E-state index contributed by atoms with van der Waals surface area (Å²) in [5, 5.41) is 9.96. The van der Waals surface area contributed by atoms with Crippen molar-refractivity contribution in [3.8, 4) is 11.3 Å². The van der Waals surface area contributed by atoms with Gasteiger partial charge in [-0.2, -0.15) is 5.10 Å². The van der Waals surface area contributed by atoms with E-state index in [0.29, 0.717) is 12.1 Å². The van der Waals surface area contributed by atoms with Crippen molar-refractivity contribution in [1.82, 2.24) is 20.1 Å². The van der Waals surface area contributed by atoms with E-state index in [1.165, 1.54) is 11.9 Å². The molecule has 31 heavy (non-hydrogen) atoms. The largest absolute Gasteiger partial charge is 0.368 e. The maximum atomic E-state index is 12.8. The number of aromatic amines is 1. The Morgan fingerprint density at radius 2 is 1.97 bits per heavy atom. The Labute approximate surface area is 179 Å². The number of hydrogen-bond acceptors (Lipinski definition) is 5. The van der Waals surface area contributed by atoms with Crippen molar-refractivity contribution >= 4 is 23.4 Å². The quantitative estimate of drug-likeness (QED) is 0.512. The molecule has 0 saturated carbocycles. The number of rotatable bonds is 8. The molecule has 0 aliphatic carbocycles. The SMILES string of the molecule is CC(C(N)=O)N(C)C(=O)c1ccccc1NC(=O)CCc1cc(-c2cccnc2)n[nH]1. The van der Waals surface area contributed by atoms with Crippen molar-refractivity contribution in [2.45, 2.75) is 25.8 Å². The zero-order chi connectivity index (χ0) is 22.4. The molecule has 0 saturated heterocycles. The second-order valence-corrected chi connectivity index (χ2v) is 7.11. The molecule has 4 N–H and O–H groups in total. The molecule has 9 heteroatoms. The average molecular weight is 420 g/mol. The van der Waals surface area contributed by atoms with E-state index in [-0.39, 0.29) is 17.9 Å². The van der Waals surface area contributed by atoms with Crippen LogP contribution in [0.3, 0.4) is 0 Å². The lowest BCUT2D eigenvalue weighted by molar-refractivity contribution is -0.121. The van der Waals surface area contributed by atoms with Gasteiger partial charge in [0.1, 0.15) is 6.04 Å². The van der Waals surface area contributed by atoms with E-state index in [9.17, 15) is 14.4 Å². The topological polar surface area (TPSA) is 134 Å². The van der Waals surface area contributed by atoms with Gasteiger partial charge in [-0.15, -0.1) is 0 Å². The van der Waals surface area contributed by atoms with Gasteiger partial charge in [0.2, 0.25) is 11.8 Å². The summed E-state index contributed by atoms with van der Waals surface area (Å²) in [6.07, 6.45) is 4.06. The Morgan fingerprint density at radius 1 is 1.19 bits per heavy atom. The molecule has 0 spiro atoms. The van der Waals surface area contributed by atoms with Gasteiger partial charge in [0, 0.05) is 37.1 Å². The summed E-state index contributed by atoms with van der Waals surface area (Å²) < 4.78 is 0. The minimum Gasteiger partial charge on any atom is -0.368 e. The summed E-state index contributed by atoms with van der Waals surface area (Å²) in [6, 6.07) is 11.5. The number of carbonyl (C=O) groups excluding carboxylic acids is 3. The third-order valence-corrected chi connectivity index (χ3v) is 4.95. The van der Waals surface area contributed by atoms with E-state index in [0.717, 1.165) is 17.0 Å². The molecule has 3 aromatic rings. The number of para-hydroxylation sites is 1. The fraction of sp³-hybridized carbons (Fsp3) is 0.227. The number of hydrogen-bond donors (Lipinski definition) is 3. The van der Waals surface area contributed by atoms with E-state index in [1.807, 2.05) is 18.2 Å². The van der Waals surface area contributed by atoms with Gasteiger partial charge in [0.25, 0.3) is 5.91 Å². The first kappa shape index (κ1) is 21.7. The number of nitrogens with one attached hydrogen (secondary N) is 2. The van der Waals surface area contributed by atoms with Crippen LogP contribution in [0.25, 0.3) is 11.3 Å². The number of amides is 3. The molecule has 1 unspecified atom stereocenters. The molecule has 9 nitrogen and oxygen atoms in total. The number of nitrogens with zero attached hydrogens (tertiary/aromatic N) is 3. The summed E-state index contributed by atoms with van der Waals surface area (Å²) in [7, 11) is 1.49. The minimum absolute atomic E-state index is 0.199. The fourth-order valence-electron chi connectivity index (χ4n) is 2.95. The fourth-order valence-corrected chi connectivity index (χ4v) is 2.95. The van der Waals surface area contributed by atoms with Gasteiger partial charge in [-0.05, 0) is 43.7 Å². The zero-order valence-electron chi connectivity index (χ0n) is 17.3. The Hall–Kier alpha value is -4.01.